The van der Waals surface area contributed by atoms with Crippen molar-refractivity contribution in [1.82, 2.24) is 25.7 Å². The van der Waals surface area contributed by atoms with E-state index in [0.29, 0.717) is 32.2 Å². The minimum Gasteiger partial charge on any atom is -0.481 e. The Morgan fingerprint density at radius 2 is 1.84 bits per heavy atom. The number of aromatic nitrogens is 4. The number of fused-ring (bicyclic) bond motifs is 1. The maximum absolute atomic E-state index is 12.3. The highest BCUT2D eigenvalue weighted by atomic mass is 35.5. The highest BCUT2D eigenvalue weighted by Crippen LogP contribution is 2.34. The van der Waals surface area contributed by atoms with E-state index in [0.717, 1.165) is 52.7 Å². The van der Waals surface area contributed by atoms with E-state index < -0.39 is 12.1 Å². The molecule has 0 spiro atoms. The van der Waals surface area contributed by atoms with Gasteiger partial charge in [-0.15, -0.1) is 13.2 Å². The van der Waals surface area contributed by atoms with Gasteiger partial charge in [-0.25, -0.2) is 5.10 Å². The lowest BCUT2D eigenvalue weighted by molar-refractivity contribution is -0.274. The number of hydrogen-bond acceptors (Lipinski definition) is 7. The van der Waals surface area contributed by atoms with Crippen molar-refractivity contribution in [2.75, 3.05) is 38.7 Å². The molecule has 4 N–H and O–H groups in total. The van der Waals surface area contributed by atoms with E-state index in [1.807, 2.05) is 12.1 Å². The second kappa shape index (κ2) is 12.9. The number of ether oxygens (including phenoxy) is 3. The molecule has 0 radical (unpaired) electrons. The van der Waals surface area contributed by atoms with Crippen molar-refractivity contribution < 1.29 is 27.4 Å². The fraction of sp³-hybridized carbons (Fsp3) is 0.360. The summed E-state index contributed by atoms with van der Waals surface area (Å²) in [5.74, 6) is 0.180. The molecule has 2 aromatic carbocycles. The number of halogens is 4. The molecule has 204 valence electrons. The Balaban J connectivity index is 1.13. The monoisotopic (exact) mass is 552 g/mol. The summed E-state index contributed by atoms with van der Waals surface area (Å²) in [7, 11) is 1.59. The highest BCUT2D eigenvalue weighted by molar-refractivity contribution is 6.32. The smallest absolute Gasteiger partial charge is 0.481 e. The van der Waals surface area contributed by atoms with Crippen molar-refractivity contribution in [1.29, 1.82) is 0 Å². The van der Waals surface area contributed by atoms with Crippen LogP contribution in [0.25, 0.3) is 22.0 Å². The number of benzene rings is 2. The molecule has 0 aliphatic carbocycles. The third-order valence-corrected chi connectivity index (χ3v) is 5.98. The normalized spacial score (nSPS) is 11.7. The van der Waals surface area contributed by atoms with Gasteiger partial charge in [-0.3, -0.25) is 5.10 Å². The minimum absolute atomic E-state index is 0.0786. The summed E-state index contributed by atoms with van der Waals surface area (Å²) in [5.41, 5.74) is 4.40. The van der Waals surface area contributed by atoms with Gasteiger partial charge < -0.3 is 24.8 Å². The van der Waals surface area contributed by atoms with Crippen molar-refractivity contribution in [3.05, 3.63) is 53.3 Å². The maximum Gasteiger partial charge on any atom is 0.573 e. The van der Waals surface area contributed by atoms with Crippen LogP contribution >= 0.6 is 11.6 Å². The Morgan fingerprint density at radius 1 is 1.00 bits per heavy atom. The first-order valence-electron chi connectivity index (χ1n) is 12.0. The first kappa shape index (κ1) is 27.6. The van der Waals surface area contributed by atoms with E-state index in [4.69, 9.17) is 21.1 Å². The second-order valence-corrected chi connectivity index (χ2v) is 8.81. The van der Waals surface area contributed by atoms with Crippen LogP contribution in [0, 0.1) is 0 Å². The van der Waals surface area contributed by atoms with Gasteiger partial charge in [0.15, 0.2) is 0 Å². The Morgan fingerprint density at radius 3 is 2.63 bits per heavy atom. The van der Waals surface area contributed by atoms with Gasteiger partial charge in [0, 0.05) is 30.8 Å². The van der Waals surface area contributed by atoms with E-state index in [2.05, 4.69) is 35.8 Å². The number of methoxy groups -OCH3 is 1. The van der Waals surface area contributed by atoms with Gasteiger partial charge in [0.1, 0.15) is 5.75 Å². The number of nitrogens with zero attached hydrogens (tertiary/aromatic N) is 2. The lowest BCUT2D eigenvalue weighted by Crippen LogP contribution is -2.18. The van der Waals surface area contributed by atoms with Crippen molar-refractivity contribution in [2.45, 2.75) is 25.7 Å². The Labute approximate surface area is 222 Å². The lowest BCUT2D eigenvalue weighted by Gasteiger charge is -2.12. The third-order valence-electron chi connectivity index (χ3n) is 5.68. The molecule has 4 aromatic rings. The molecule has 2 aromatic heterocycles. The molecule has 9 nitrogen and oxygen atoms in total. The first-order valence-corrected chi connectivity index (χ1v) is 12.3. The Hall–Kier alpha value is -3.48. The maximum atomic E-state index is 12.3. The van der Waals surface area contributed by atoms with Crippen molar-refractivity contribution in [3.63, 3.8) is 0 Å². The molecular weight excluding hydrogens is 525 g/mol. The summed E-state index contributed by atoms with van der Waals surface area (Å²) in [4.78, 5) is 0. The van der Waals surface area contributed by atoms with Crippen LogP contribution in [0.2, 0.25) is 5.02 Å². The second-order valence-electron chi connectivity index (χ2n) is 8.41. The van der Waals surface area contributed by atoms with Crippen LogP contribution in [-0.2, 0) is 11.3 Å². The molecule has 2 heterocycles. The Kier molecular flexibility index (Phi) is 9.32. The molecule has 0 bridgehead atoms. The topological polar surface area (TPSA) is 109 Å². The summed E-state index contributed by atoms with van der Waals surface area (Å²) in [5, 5.41) is 21.6. The predicted octanol–water partition coefficient (Wildman–Crippen LogP) is 5.51. The molecule has 13 heteroatoms. The van der Waals surface area contributed by atoms with Crippen LogP contribution in [0.5, 0.6) is 11.6 Å². The number of rotatable bonds is 14. The molecule has 0 amide bonds. The number of aromatic amines is 2. The SMILES string of the molecule is COc1[nH]ncc1-c1cc(NCCOCCCCNCc2ccc(OC(F)(F)F)c(Cl)c2)c2cn[nH]c2c1. The third kappa shape index (κ3) is 7.53. The Bertz CT molecular complexity index is 1330. The fourth-order valence-corrected chi connectivity index (χ4v) is 4.14. The number of H-pyrrole nitrogens is 2. The van der Waals surface area contributed by atoms with Crippen LogP contribution in [0.1, 0.15) is 18.4 Å². The number of hydrogen-bond donors (Lipinski definition) is 4. The molecule has 4 rings (SSSR count). The highest BCUT2D eigenvalue weighted by Gasteiger charge is 2.32. The molecule has 0 saturated carbocycles. The van der Waals surface area contributed by atoms with Gasteiger partial charge in [0.25, 0.3) is 0 Å². The fourth-order valence-electron chi connectivity index (χ4n) is 3.90. The number of nitrogens with one attached hydrogen (secondary N) is 4. The van der Waals surface area contributed by atoms with Gasteiger partial charge >= 0.3 is 6.36 Å². The molecule has 0 aliphatic heterocycles. The molecule has 0 aliphatic rings. The van der Waals surface area contributed by atoms with Crippen molar-refractivity contribution in [3.8, 4) is 22.8 Å². The summed E-state index contributed by atoms with van der Waals surface area (Å²) in [6.45, 7) is 3.01. The van der Waals surface area contributed by atoms with Crippen LogP contribution in [-0.4, -0.2) is 60.2 Å². The van der Waals surface area contributed by atoms with Crippen LogP contribution in [0.3, 0.4) is 0 Å². The van der Waals surface area contributed by atoms with E-state index >= 15 is 0 Å². The molecule has 0 unspecified atom stereocenters. The molecule has 0 fully saturated rings. The van der Waals surface area contributed by atoms with E-state index in [9.17, 15) is 13.2 Å². The van der Waals surface area contributed by atoms with Crippen LogP contribution < -0.4 is 20.1 Å². The van der Waals surface area contributed by atoms with Gasteiger partial charge in [-0.05, 0) is 54.8 Å². The van der Waals surface area contributed by atoms with Crippen molar-refractivity contribution >= 4 is 28.2 Å². The number of alkyl halides is 3. The quantitative estimate of drug-likeness (QED) is 0.153. The molecule has 0 atom stereocenters. The lowest BCUT2D eigenvalue weighted by atomic mass is 10.1. The number of anilines is 1. The van der Waals surface area contributed by atoms with Gasteiger partial charge in [0.05, 0.1) is 42.2 Å². The van der Waals surface area contributed by atoms with Gasteiger partial charge in [-0.2, -0.15) is 10.2 Å². The summed E-state index contributed by atoms with van der Waals surface area (Å²) in [6.07, 6.45) is 0.486. The summed E-state index contributed by atoms with van der Waals surface area (Å²) in [6, 6.07) is 8.26. The van der Waals surface area contributed by atoms with E-state index in [1.54, 1.807) is 25.6 Å². The average Bonchev–Trinajstić information content (AvgIpc) is 3.55. The van der Waals surface area contributed by atoms with Crippen LogP contribution in [0.15, 0.2) is 42.7 Å². The molecule has 38 heavy (non-hydrogen) atoms. The minimum atomic E-state index is -4.77. The molecule has 0 saturated heterocycles. The standard InChI is InChI=1S/C25H28ClF3N6O3/c1-36-24-18(14-33-35-24)17-11-21(19-15-32-34-22(19)12-17)31-7-9-37-8-3-2-6-30-13-16-4-5-23(20(26)10-16)38-25(27,28)29/h4-5,10-12,14-15,30-31H,2-3,6-9,13H2,1H3,(H,32,34)(H,33,35). The number of unbranched alkanes of at least 4 members (excludes halogenated alkanes) is 1. The zero-order valence-electron chi connectivity index (χ0n) is 20.6. The predicted molar refractivity (Wildman–Crippen MR) is 139 cm³/mol. The largest absolute Gasteiger partial charge is 0.573 e. The zero-order valence-corrected chi connectivity index (χ0v) is 21.4. The van der Waals surface area contributed by atoms with Gasteiger partial charge in [-0.1, -0.05) is 17.7 Å². The zero-order chi connectivity index (χ0) is 27.0. The van der Waals surface area contributed by atoms with Crippen LogP contribution in [0.4, 0.5) is 18.9 Å². The molecular formula is C25H28ClF3N6O3. The first-order chi connectivity index (χ1) is 18.3. The van der Waals surface area contributed by atoms with E-state index in [1.165, 1.54) is 12.1 Å². The van der Waals surface area contributed by atoms with E-state index in [-0.39, 0.29) is 5.02 Å². The summed E-state index contributed by atoms with van der Waals surface area (Å²) < 4.78 is 52.0. The van der Waals surface area contributed by atoms with Crippen molar-refractivity contribution in [2.24, 2.45) is 0 Å². The average molecular weight is 553 g/mol. The van der Waals surface area contributed by atoms with Gasteiger partial charge in [0.2, 0.25) is 5.88 Å². The summed E-state index contributed by atoms with van der Waals surface area (Å²) >= 11 is 5.88.